The lowest BCUT2D eigenvalue weighted by molar-refractivity contribution is -0.121. The SMILES string of the molecule is COc1ccc(C(=O)N2CCC(C(=O)Nc3c(Cl)cccc3Cl)CC2)cc1. The van der Waals surface area contributed by atoms with Crippen molar-refractivity contribution in [2.75, 3.05) is 25.5 Å². The standard InChI is InChI=1S/C20H20Cl2N2O3/c1-27-15-7-5-14(6-8-15)20(26)24-11-9-13(10-12-24)19(25)23-18-16(21)3-2-4-17(18)22/h2-8,13H,9-12H2,1H3,(H,23,25). The first kappa shape index (κ1) is 19.5. The zero-order chi connectivity index (χ0) is 19.4. The highest BCUT2D eigenvalue weighted by atomic mass is 35.5. The molecule has 2 aromatic carbocycles. The van der Waals surface area contributed by atoms with Gasteiger partial charge in [0, 0.05) is 24.6 Å². The van der Waals surface area contributed by atoms with E-state index >= 15 is 0 Å². The van der Waals surface area contributed by atoms with Gasteiger partial charge in [-0.05, 0) is 49.2 Å². The Hall–Kier alpha value is -2.24. The molecule has 27 heavy (non-hydrogen) atoms. The van der Waals surface area contributed by atoms with Crippen LogP contribution >= 0.6 is 23.2 Å². The Labute approximate surface area is 168 Å². The minimum Gasteiger partial charge on any atom is -0.497 e. The van der Waals surface area contributed by atoms with Crippen LogP contribution < -0.4 is 10.1 Å². The van der Waals surface area contributed by atoms with Crippen molar-refractivity contribution in [3.63, 3.8) is 0 Å². The first-order valence-electron chi connectivity index (χ1n) is 8.68. The molecule has 142 valence electrons. The summed E-state index contributed by atoms with van der Waals surface area (Å²) in [7, 11) is 1.59. The van der Waals surface area contributed by atoms with E-state index in [2.05, 4.69) is 5.32 Å². The molecule has 1 N–H and O–H groups in total. The van der Waals surface area contributed by atoms with E-state index in [-0.39, 0.29) is 17.7 Å². The molecule has 0 radical (unpaired) electrons. The first-order valence-corrected chi connectivity index (χ1v) is 9.43. The van der Waals surface area contributed by atoms with Crippen molar-refractivity contribution in [3.8, 4) is 5.75 Å². The number of benzene rings is 2. The number of ether oxygens (including phenoxy) is 1. The summed E-state index contributed by atoms with van der Waals surface area (Å²) in [4.78, 5) is 26.9. The summed E-state index contributed by atoms with van der Waals surface area (Å²) >= 11 is 12.2. The predicted molar refractivity (Wildman–Crippen MR) is 107 cm³/mol. The fraction of sp³-hybridized carbons (Fsp3) is 0.300. The van der Waals surface area contributed by atoms with E-state index in [0.29, 0.717) is 53.0 Å². The molecular formula is C20H20Cl2N2O3. The van der Waals surface area contributed by atoms with E-state index in [1.807, 2.05) is 0 Å². The van der Waals surface area contributed by atoms with Crippen LogP contribution in [0.4, 0.5) is 5.69 Å². The summed E-state index contributed by atoms with van der Waals surface area (Å²) in [6.45, 7) is 1.05. The maximum absolute atomic E-state index is 12.6. The second-order valence-electron chi connectivity index (χ2n) is 6.38. The maximum Gasteiger partial charge on any atom is 0.253 e. The minimum absolute atomic E-state index is 0.0364. The number of rotatable bonds is 4. The van der Waals surface area contributed by atoms with Gasteiger partial charge in [0.25, 0.3) is 5.91 Å². The number of amides is 2. The largest absolute Gasteiger partial charge is 0.497 e. The molecule has 2 aromatic rings. The van der Waals surface area contributed by atoms with Crippen LogP contribution in [0.1, 0.15) is 23.2 Å². The summed E-state index contributed by atoms with van der Waals surface area (Å²) < 4.78 is 5.11. The number of likely N-dealkylation sites (tertiary alicyclic amines) is 1. The molecule has 0 saturated carbocycles. The Morgan fingerprint density at radius 2 is 1.63 bits per heavy atom. The number of anilines is 1. The van der Waals surface area contributed by atoms with Gasteiger partial charge in [0.1, 0.15) is 5.75 Å². The third kappa shape index (κ3) is 4.54. The summed E-state index contributed by atoms with van der Waals surface area (Å²) in [5, 5.41) is 3.63. The molecule has 0 spiro atoms. The molecule has 1 aliphatic rings. The number of carbonyl (C=O) groups excluding carboxylic acids is 2. The molecule has 1 heterocycles. The van der Waals surface area contributed by atoms with Crippen molar-refractivity contribution in [1.82, 2.24) is 4.90 Å². The van der Waals surface area contributed by atoms with Gasteiger partial charge in [-0.1, -0.05) is 29.3 Å². The van der Waals surface area contributed by atoms with Gasteiger partial charge in [0.2, 0.25) is 5.91 Å². The number of nitrogens with zero attached hydrogens (tertiary/aromatic N) is 1. The van der Waals surface area contributed by atoms with Crippen molar-refractivity contribution < 1.29 is 14.3 Å². The van der Waals surface area contributed by atoms with Gasteiger partial charge in [-0.3, -0.25) is 9.59 Å². The number of hydrogen-bond acceptors (Lipinski definition) is 3. The summed E-state index contributed by atoms with van der Waals surface area (Å²) in [6, 6.07) is 12.1. The molecule has 0 unspecified atom stereocenters. The number of methoxy groups -OCH3 is 1. The second-order valence-corrected chi connectivity index (χ2v) is 7.20. The van der Waals surface area contributed by atoms with Gasteiger partial charge in [0.05, 0.1) is 22.8 Å². The highest BCUT2D eigenvalue weighted by molar-refractivity contribution is 6.39. The molecule has 0 aromatic heterocycles. The fourth-order valence-corrected chi connectivity index (χ4v) is 3.60. The van der Waals surface area contributed by atoms with Gasteiger partial charge in [-0.25, -0.2) is 0 Å². The van der Waals surface area contributed by atoms with Crippen molar-refractivity contribution >= 4 is 40.7 Å². The van der Waals surface area contributed by atoms with Crippen LogP contribution in [0.2, 0.25) is 10.0 Å². The van der Waals surface area contributed by atoms with E-state index in [0.717, 1.165) is 0 Å². The molecular weight excluding hydrogens is 387 g/mol. The lowest BCUT2D eigenvalue weighted by Gasteiger charge is -2.31. The normalized spacial score (nSPS) is 14.7. The lowest BCUT2D eigenvalue weighted by atomic mass is 9.95. The van der Waals surface area contributed by atoms with Gasteiger partial charge in [-0.2, -0.15) is 0 Å². The molecule has 0 aliphatic carbocycles. The smallest absolute Gasteiger partial charge is 0.253 e. The average molecular weight is 407 g/mol. The molecule has 1 fully saturated rings. The Morgan fingerprint density at radius 3 is 2.19 bits per heavy atom. The number of halogens is 2. The lowest BCUT2D eigenvalue weighted by Crippen LogP contribution is -2.41. The van der Waals surface area contributed by atoms with E-state index < -0.39 is 0 Å². The molecule has 5 nitrogen and oxygen atoms in total. The molecule has 1 saturated heterocycles. The number of nitrogens with one attached hydrogen (secondary N) is 1. The Balaban J connectivity index is 1.58. The number of hydrogen-bond donors (Lipinski definition) is 1. The summed E-state index contributed by atoms with van der Waals surface area (Å²) in [6.07, 6.45) is 1.19. The third-order valence-electron chi connectivity index (χ3n) is 4.70. The molecule has 1 aliphatic heterocycles. The van der Waals surface area contributed by atoms with Gasteiger partial charge in [0.15, 0.2) is 0 Å². The second kappa shape index (κ2) is 8.63. The topological polar surface area (TPSA) is 58.6 Å². The van der Waals surface area contributed by atoms with Gasteiger partial charge >= 0.3 is 0 Å². The van der Waals surface area contributed by atoms with Crippen LogP contribution in [0.15, 0.2) is 42.5 Å². The molecule has 7 heteroatoms. The zero-order valence-corrected chi connectivity index (χ0v) is 16.4. The summed E-state index contributed by atoms with van der Waals surface area (Å²) in [5.74, 6) is 0.365. The van der Waals surface area contributed by atoms with E-state index in [4.69, 9.17) is 27.9 Å². The molecule has 0 bridgehead atoms. The highest BCUT2D eigenvalue weighted by Gasteiger charge is 2.28. The van der Waals surface area contributed by atoms with Crippen LogP contribution in [-0.4, -0.2) is 36.9 Å². The fourth-order valence-electron chi connectivity index (χ4n) is 3.10. The van der Waals surface area contributed by atoms with Gasteiger partial charge < -0.3 is 15.0 Å². The number of para-hydroxylation sites is 1. The third-order valence-corrected chi connectivity index (χ3v) is 5.33. The summed E-state index contributed by atoms with van der Waals surface area (Å²) in [5.41, 5.74) is 1.05. The highest BCUT2D eigenvalue weighted by Crippen LogP contribution is 2.31. The maximum atomic E-state index is 12.6. The Bertz CT molecular complexity index is 811. The quantitative estimate of drug-likeness (QED) is 0.813. The number of carbonyl (C=O) groups is 2. The van der Waals surface area contributed by atoms with Crippen LogP contribution in [0.3, 0.4) is 0 Å². The Morgan fingerprint density at radius 1 is 1.04 bits per heavy atom. The Kier molecular flexibility index (Phi) is 6.24. The zero-order valence-electron chi connectivity index (χ0n) is 14.9. The van der Waals surface area contributed by atoms with E-state index in [1.165, 1.54) is 0 Å². The van der Waals surface area contributed by atoms with Crippen LogP contribution in [-0.2, 0) is 4.79 Å². The van der Waals surface area contributed by atoms with Crippen molar-refractivity contribution in [2.24, 2.45) is 5.92 Å². The van der Waals surface area contributed by atoms with Crippen LogP contribution in [0.5, 0.6) is 5.75 Å². The van der Waals surface area contributed by atoms with Crippen molar-refractivity contribution in [2.45, 2.75) is 12.8 Å². The monoisotopic (exact) mass is 406 g/mol. The van der Waals surface area contributed by atoms with Gasteiger partial charge in [-0.15, -0.1) is 0 Å². The van der Waals surface area contributed by atoms with E-state index in [1.54, 1.807) is 54.5 Å². The minimum atomic E-state index is -0.183. The van der Waals surface area contributed by atoms with Crippen molar-refractivity contribution in [1.29, 1.82) is 0 Å². The molecule has 2 amide bonds. The van der Waals surface area contributed by atoms with E-state index in [9.17, 15) is 9.59 Å². The molecule has 0 atom stereocenters. The van der Waals surface area contributed by atoms with Crippen LogP contribution in [0.25, 0.3) is 0 Å². The van der Waals surface area contributed by atoms with Crippen molar-refractivity contribution in [3.05, 3.63) is 58.1 Å². The average Bonchev–Trinajstić information content (AvgIpc) is 2.70. The van der Waals surface area contributed by atoms with Crippen LogP contribution in [0, 0.1) is 5.92 Å². The predicted octanol–water partition coefficient (Wildman–Crippen LogP) is 4.49. The number of piperidine rings is 1. The first-order chi connectivity index (χ1) is 13.0. The molecule has 3 rings (SSSR count).